The Labute approximate surface area is 129 Å². The molecule has 0 bridgehead atoms. The molecule has 1 aromatic heterocycles. The molecule has 1 aliphatic heterocycles. The number of halogens is 1. The number of rotatable bonds is 5. The zero-order valence-corrected chi connectivity index (χ0v) is 12.8. The number of likely N-dealkylation sites (tertiary alicyclic amines) is 1. The van der Waals surface area contributed by atoms with Crippen LogP contribution in [0.4, 0.5) is 0 Å². The molecule has 3 rings (SSSR count). The Morgan fingerprint density at radius 3 is 3.00 bits per heavy atom. The molecule has 0 aliphatic carbocycles. The van der Waals surface area contributed by atoms with E-state index in [9.17, 15) is 4.79 Å². The van der Waals surface area contributed by atoms with Crippen molar-refractivity contribution in [2.75, 3.05) is 13.1 Å². The minimum atomic E-state index is 0.219. The summed E-state index contributed by atoms with van der Waals surface area (Å²) in [5.41, 5.74) is 1.79. The van der Waals surface area contributed by atoms with Crippen LogP contribution in [0.2, 0.25) is 5.22 Å². The summed E-state index contributed by atoms with van der Waals surface area (Å²) in [7, 11) is 0. The van der Waals surface area contributed by atoms with Gasteiger partial charge in [0.25, 0.3) is 0 Å². The van der Waals surface area contributed by atoms with Crippen LogP contribution in [0.15, 0.2) is 28.7 Å². The summed E-state index contributed by atoms with van der Waals surface area (Å²) in [6.07, 6.45) is 1.66. The number of hydrogen-bond acceptors (Lipinski definition) is 3. The van der Waals surface area contributed by atoms with Gasteiger partial charge in [0.2, 0.25) is 5.91 Å². The van der Waals surface area contributed by atoms with E-state index in [0.29, 0.717) is 18.2 Å². The molecule has 1 N–H and O–H groups in total. The van der Waals surface area contributed by atoms with Gasteiger partial charge in [-0.3, -0.25) is 4.79 Å². The molecule has 1 saturated heterocycles. The van der Waals surface area contributed by atoms with Gasteiger partial charge in [-0.1, -0.05) is 18.2 Å². The fourth-order valence-corrected chi connectivity index (χ4v) is 3.05. The van der Waals surface area contributed by atoms with Crippen LogP contribution in [0.5, 0.6) is 0 Å². The normalized spacial score (nSPS) is 16.9. The fraction of sp³-hybridized carbons (Fsp3) is 0.438. The third-order valence-electron chi connectivity index (χ3n) is 3.94. The zero-order chi connectivity index (χ0) is 14.8. The van der Waals surface area contributed by atoms with Crippen molar-refractivity contribution in [2.45, 2.75) is 32.4 Å². The first-order chi connectivity index (χ1) is 10.1. The van der Waals surface area contributed by atoms with Crippen LogP contribution in [-0.4, -0.2) is 29.9 Å². The van der Waals surface area contributed by atoms with Crippen LogP contribution in [0.1, 0.15) is 25.3 Å². The summed E-state index contributed by atoms with van der Waals surface area (Å²) < 4.78 is 5.54. The van der Waals surface area contributed by atoms with E-state index in [1.807, 2.05) is 29.2 Å². The highest BCUT2D eigenvalue weighted by Crippen LogP contribution is 2.29. The first-order valence-corrected chi connectivity index (χ1v) is 7.70. The summed E-state index contributed by atoms with van der Waals surface area (Å²) in [6.45, 7) is 4.34. The molecule has 1 unspecified atom stereocenters. The lowest BCUT2D eigenvalue weighted by Gasteiger charge is -2.21. The van der Waals surface area contributed by atoms with Gasteiger partial charge in [-0.15, -0.1) is 0 Å². The van der Waals surface area contributed by atoms with E-state index in [0.717, 1.165) is 36.0 Å². The van der Waals surface area contributed by atoms with Gasteiger partial charge in [-0.2, -0.15) is 0 Å². The first kappa shape index (κ1) is 14.4. The Bertz CT molecular complexity index is 653. The standard InChI is InChI=1S/C16H19ClN2O2/c1-11(10-19-8-4-7-15(19)20)18-9-13-12-5-2-3-6-14(12)21-16(13)17/h2-3,5-6,11,18H,4,7-10H2,1H3. The minimum absolute atomic E-state index is 0.219. The molecule has 4 nitrogen and oxygen atoms in total. The quantitative estimate of drug-likeness (QED) is 0.923. The molecule has 2 aromatic rings. The van der Waals surface area contributed by atoms with Crippen LogP contribution in [0.25, 0.3) is 11.0 Å². The minimum Gasteiger partial charge on any atom is -0.444 e. The summed E-state index contributed by atoms with van der Waals surface area (Å²) in [6, 6.07) is 8.05. The number of para-hydroxylation sites is 1. The van der Waals surface area contributed by atoms with Crippen molar-refractivity contribution in [1.82, 2.24) is 10.2 Å². The van der Waals surface area contributed by atoms with Crippen LogP contribution in [-0.2, 0) is 11.3 Å². The van der Waals surface area contributed by atoms with Gasteiger partial charge in [-0.25, -0.2) is 0 Å². The van der Waals surface area contributed by atoms with Gasteiger partial charge in [0.15, 0.2) is 5.22 Å². The second-order valence-corrected chi connectivity index (χ2v) is 5.92. The molecular weight excluding hydrogens is 288 g/mol. The Balaban J connectivity index is 1.63. The molecule has 2 heterocycles. The molecular formula is C16H19ClN2O2. The Hall–Kier alpha value is -1.52. The lowest BCUT2D eigenvalue weighted by atomic mass is 10.1. The number of nitrogens with one attached hydrogen (secondary N) is 1. The van der Waals surface area contributed by atoms with Gasteiger partial charge in [0.05, 0.1) is 0 Å². The molecule has 0 radical (unpaired) electrons. The van der Waals surface area contributed by atoms with Crippen LogP contribution in [0.3, 0.4) is 0 Å². The highest BCUT2D eigenvalue weighted by molar-refractivity contribution is 6.30. The number of benzene rings is 1. The van der Waals surface area contributed by atoms with Gasteiger partial charge >= 0.3 is 0 Å². The van der Waals surface area contributed by atoms with Crippen molar-refractivity contribution in [3.63, 3.8) is 0 Å². The smallest absolute Gasteiger partial charge is 0.222 e. The summed E-state index contributed by atoms with van der Waals surface area (Å²) >= 11 is 6.17. The molecule has 1 aromatic carbocycles. The van der Waals surface area contributed by atoms with Gasteiger partial charge in [0, 0.05) is 43.0 Å². The number of carbonyl (C=O) groups excluding carboxylic acids is 1. The number of furan rings is 1. The van der Waals surface area contributed by atoms with Crippen molar-refractivity contribution >= 4 is 28.5 Å². The van der Waals surface area contributed by atoms with Crippen molar-refractivity contribution in [3.8, 4) is 0 Å². The van der Waals surface area contributed by atoms with E-state index in [1.165, 1.54) is 0 Å². The molecule has 0 saturated carbocycles. The van der Waals surface area contributed by atoms with Crippen LogP contribution in [0, 0.1) is 0 Å². The van der Waals surface area contributed by atoms with Crippen molar-refractivity contribution < 1.29 is 9.21 Å². The molecule has 0 spiro atoms. The molecule has 21 heavy (non-hydrogen) atoms. The number of fused-ring (bicyclic) bond motifs is 1. The van der Waals surface area contributed by atoms with E-state index in [1.54, 1.807) is 0 Å². The maximum atomic E-state index is 11.6. The van der Waals surface area contributed by atoms with E-state index >= 15 is 0 Å². The van der Waals surface area contributed by atoms with Crippen LogP contribution >= 0.6 is 11.6 Å². The van der Waals surface area contributed by atoms with Gasteiger partial charge < -0.3 is 14.6 Å². The highest BCUT2D eigenvalue weighted by atomic mass is 35.5. The first-order valence-electron chi connectivity index (χ1n) is 7.32. The molecule has 1 amide bonds. The number of amides is 1. The predicted molar refractivity (Wildman–Crippen MR) is 83.3 cm³/mol. The summed E-state index contributed by atoms with van der Waals surface area (Å²) in [4.78, 5) is 13.6. The lowest BCUT2D eigenvalue weighted by Crippen LogP contribution is -2.39. The van der Waals surface area contributed by atoms with E-state index in [4.69, 9.17) is 16.0 Å². The maximum absolute atomic E-state index is 11.6. The Morgan fingerprint density at radius 2 is 2.24 bits per heavy atom. The van der Waals surface area contributed by atoms with Gasteiger partial charge in [-0.05, 0) is 31.0 Å². The second kappa shape index (κ2) is 6.08. The summed E-state index contributed by atoms with van der Waals surface area (Å²) in [5, 5.41) is 4.91. The van der Waals surface area contributed by atoms with Crippen molar-refractivity contribution in [3.05, 3.63) is 35.0 Å². The largest absolute Gasteiger partial charge is 0.444 e. The monoisotopic (exact) mass is 306 g/mol. The SMILES string of the molecule is CC(CN1CCCC1=O)NCc1c(Cl)oc2ccccc12. The van der Waals surface area contributed by atoms with Crippen molar-refractivity contribution in [2.24, 2.45) is 0 Å². The molecule has 5 heteroatoms. The number of nitrogens with zero attached hydrogens (tertiary/aromatic N) is 1. The topological polar surface area (TPSA) is 45.5 Å². The third kappa shape index (κ3) is 3.06. The fourth-order valence-electron chi connectivity index (χ4n) is 2.80. The van der Waals surface area contributed by atoms with Crippen molar-refractivity contribution in [1.29, 1.82) is 0 Å². The average molecular weight is 307 g/mol. The number of carbonyl (C=O) groups is 1. The van der Waals surface area contributed by atoms with E-state index < -0.39 is 0 Å². The Kier molecular flexibility index (Phi) is 4.17. The lowest BCUT2D eigenvalue weighted by molar-refractivity contribution is -0.127. The van der Waals surface area contributed by atoms with Gasteiger partial charge in [0.1, 0.15) is 5.58 Å². The van der Waals surface area contributed by atoms with E-state index in [-0.39, 0.29) is 11.9 Å². The number of hydrogen-bond donors (Lipinski definition) is 1. The zero-order valence-electron chi connectivity index (χ0n) is 12.1. The predicted octanol–water partition coefficient (Wildman–Crippen LogP) is 3.19. The average Bonchev–Trinajstić information content (AvgIpc) is 3.00. The maximum Gasteiger partial charge on any atom is 0.222 e. The molecule has 1 atom stereocenters. The van der Waals surface area contributed by atoms with Crippen LogP contribution < -0.4 is 5.32 Å². The molecule has 112 valence electrons. The third-order valence-corrected chi connectivity index (χ3v) is 4.25. The second-order valence-electron chi connectivity index (χ2n) is 5.58. The van der Waals surface area contributed by atoms with E-state index in [2.05, 4.69) is 12.2 Å². The molecule has 1 fully saturated rings. The molecule has 1 aliphatic rings. The highest BCUT2D eigenvalue weighted by Gasteiger charge is 2.22. The summed E-state index contributed by atoms with van der Waals surface area (Å²) in [5.74, 6) is 0.260. The Morgan fingerprint density at radius 1 is 1.43 bits per heavy atom.